The summed E-state index contributed by atoms with van der Waals surface area (Å²) in [7, 11) is 0. The summed E-state index contributed by atoms with van der Waals surface area (Å²) in [5.74, 6) is 0. The third-order valence-electron chi connectivity index (χ3n) is 3.45. The van der Waals surface area contributed by atoms with Crippen molar-refractivity contribution in [1.82, 2.24) is 15.0 Å². The van der Waals surface area contributed by atoms with Crippen LogP contribution in [0.1, 0.15) is 30.5 Å². The van der Waals surface area contributed by atoms with E-state index in [0.29, 0.717) is 6.61 Å². The van der Waals surface area contributed by atoms with Gasteiger partial charge in [0.1, 0.15) is 5.69 Å². The summed E-state index contributed by atoms with van der Waals surface area (Å²) in [6.45, 7) is 1.22. The molecule has 0 bridgehead atoms. The molecule has 0 saturated carbocycles. The van der Waals surface area contributed by atoms with Crippen molar-refractivity contribution in [3.05, 3.63) is 41.7 Å². The van der Waals surface area contributed by atoms with Crippen molar-refractivity contribution in [2.24, 2.45) is 0 Å². The molecule has 1 aliphatic heterocycles. The number of benzene rings is 1. The summed E-state index contributed by atoms with van der Waals surface area (Å²) in [6.07, 6.45) is 5.05. The third-order valence-corrected chi connectivity index (χ3v) is 4.10. The van der Waals surface area contributed by atoms with E-state index in [1.165, 1.54) is 5.56 Å². The maximum absolute atomic E-state index is 5.71. The van der Waals surface area contributed by atoms with Gasteiger partial charge < -0.3 is 9.47 Å². The Morgan fingerprint density at radius 3 is 2.86 bits per heavy atom. The first-order valence-electron chi connectivity index (χ1n) is 7.15. The molecule has 1 aliphatic rings. The summed E-state index contributed by atoms with van der Waals surface area (Å²) in [5.41, 5.74) is 3.04. The summed E-state index contributed by atoms with van der Waals surface area (Å²) < 4.78 is 13.0. The van der Waals surface area contributed by atoms with Gasteiger partial charge in [0.2, 0.25) is 0 Å². The molecule has 0 aliphatic carbocycles. The average Bonchev–Trinajstić information content (AvgIpc) is 3.03. The molecule has 1 unspecified atom stereocenters. The first kappa shape index (κ1) is 14.7. The fourth-order valence-electron chi connectivity index (χ4n) is 2.25. The van der Waals surface area contributed by atoms with E-state index in [1.54, 1.807) is 4.68 Å². The van der Waals surface area contributed by atoms with Gasteiger partial charge in [0, 0.05) is 11.9 Å². The van der Waals surface area contributed by atoms with Crippen molar-refractivity contribution in [2.45, 2.75) is 37.5 Å². The SMILES string of the molecule is BrCc1ccc(-n2cc(COC3CCCCO3)nn2)cc1. The van der Waals surface area contributed by atoms with Crippen LogP contribution >= 0.6 is 15.9 Å². The van der Waals surface area contributed by atoms with Gasteiger partial charge in [-0.1, -0.05) is 33.3 Å². The van der Waals surface area contributed by atoms with Crippen LogP contribution in [0.2, 0.25) is 0 Å². The maximum atomic E-state index is 5.71. The number of halogens is 1. The fraction of sp³-hybridized carbons (Fsp3) is 0.467. The van der Waals surface area contributed by atoms with Gasteiger partial charge in [-0.2, -0.15) is 0 Å². The molecule has 0 radical (unpaired) electrons. The van der Waals surface area contributed by atoms with E-state index < -0.39 is 0 Å². The number of hydrogen-bond acceptors (Lipinski definition) is 4. The zero-order chi connectivity index (χ0) is 14.5. The van der Waals surface area contributed by atoms with Gasteiger partial charge in [0.15, 0.2) is 6.29 Å². The molecule has 0 amide bonds. The number of alkyl halides is 1. The topological polar surface area (TPSA) is 49.2 Å². The maximum Gasteiger partial charge on any atom is 0.158 e. The number of aromatic nitrogens is 3. The molecule has 21 heavy (non-hydrogen) atoms. The van der Waals surface area contributed by atoms with Gasteiger partial charge in [-0.3, -0.25) is 0 Å². The molecule has 1 saturated heterocycles. The van der Waals surface area contributed by atoms with Crippen LogP contribution in [0.3, 0.4) is 0 Å². The Balaban J connectivity index is 1.59. The lowest BCUT2D eigenvalue weighted by atomic mass is 10.2. The highest BCUT2D eigenvalue weighted by atomic mass is 79.9. The van der Waals surface area contributed by atoms with Crippen molar-refractivity contribution < 1.29 is 9.47 Å². The molecular formula is C15H18BrN3O2. The van der Waals surface area contributed by atoms with Crippen molar-refractivity contribution in [3.8, 4) is 5.69 Å². The highest BCUT2D eigenvalue weighted by molar-refractivity contribution is 9.08. The second-order valence-electron chi connectivity index (χ2n) is 5.06. The number of ether oxygens (including phenoxy) is 2. The molecule has 3 rings (SSSR count). The second-order valence-corrected chi connectivity index (χ2v) is 5.62. The van der Waals surface area contributed by atoms with Crippen LogP contribution in [-0.2, 0) is 21.4 Å². The minimum Gasteiger partial charge on any atom is -0.353 e. The summed E-state index contributed by atoms with van der Waals surface area (Å²) >= 11 is 3.44. The van der Waals surface area contributed by atoms with Crippen LogP contribution in [0.25, 0.3) is 5.69 Å². The van der Waals surface area contributed by atoms with Gasteiger partial charge in [0.25, 0.3) is 0 Å². The van der Waals surface area contributed by atoms with Crippen molar-refractivity contribution in [3.63, 3.8) is 0 Å². The van der Waals surface area contributed by atoms with E-state index in [0.717, 1.165) is 42.6 Å². The molecule has 0 spiro atoms. The van der Waals surface area contributed by atoms with Crippen molar-refractivity contribution >= 4 is 15.9 Å². The Labute approximate surface area is 132 Å². The summed E-state index contributed by atoms with van der Waals surface area (Å²) in [4.78, 5) is 0. The van der Waals surface area contributed by atoms with Crippen molar-refractivity contribution in [1.29, 1.82) is 0 Å². The monoisotopic (exact) mass is 351 g/mol. The Bertz CT molecular complexity index is 565. The molecule has 1 aromatic carbocycles. The normalized spacial score (nSPS) is 18.8. The van der Waals surface area contributed by atoms with Crippen LogP contribution in [0.4, 0.5) is 0 Å². The third kappa shape index (κ3) is 3.90. The zero-order valence-electron chi connectivity index (χ0n) is 11.7. The van der Waals surface area contributed by atoms with Gasteiger partial charge in [0.05, 0.1) is 18.5 Å². The highest BCUT2D eigenvalue weighted by Crippen LogP contribution is 2.16. The van der Waals surface area contributed by atoms with Crippen molar-refractivity contribution in [2.75, 3.05) is 6.61 Å². The smallest absolute Gasteiger partial charge is 0.158 e. The molecule has 112 valence electrons. The summed E-state index contributed by atoms with van der Waals surface area (Å²) in [6, 6.07) is 8.19. The first-order chi connectivity index (χ1) is 10.3. The lowest BCUT2D eigenvalue weighted by Crippen LogP contribution is -2.22. The van der Waals surface area contributed by atoms with E-state index in [9.17, 15) is 0 Å². The number of hydrogen-bond donors (Lipinski definition) is 0. The largest absolute Gasteiger partial charge is 0.353 e. The van der Waals surface area contributed by atoms with Crippen LogP contribution in [0, 0.1) is 0 Å². The minimum atomic E-state index is -0.0953. The van der Waals surface area contributed by atoms with E-state index in [2.05, 4.69) is 38.4 Å². The molecule has 0 N–H and O–H groups in total. The summed E-state index contributed by atoms with van der Waals surface area (Å²) in [5, 5.41) is 9.13. The van der Waals surface area contributed by atoms with Gasteiger partial charge in [-0.05, 0) is 37.0 Å². The number of nitrogens with zero attached hydrogens (tertiary/aromatic N) is 3. The average molecular weight is 352 g/mol. The Morgan fingerprint density at radius 1 is 1.29 bits per heavy atom. The Kier molecular flexibility index (Phi) is 5.00. The second kappa shape index (κ2) is 7.15. The van der Waals surface area contributed by atoms with E-state index in [1.807, 2.05) is 18.3 Å². The van der Waals surface area contributed by atoms with Crippen LogP contribution in [0.15, 0.2) is 30.5 Å². The van der Waals surface area contributed by atoms with Crippen LogP contribution < -0.4 is 0 Å². The number of rotatable bonds is 5. The van der Waals surface area contributed by atoms with Gasteiger partial charge in [-0.15, -0.1) is 5.10 Å². The van der Waals surface area contributed by atoms with E-state index in [-0.39, 0.29) is 6.29 Å². The van der Waals surface area contributed by atoms with Gasteiger partial charge in [-0.25, -0.2) is 4.68 Å². The van der Waals surface area contributed by atoms with E-state index >= 15 is 0 Å². The molecule has 1 fully saturated rings. The minimum absolute atomic E-state index is 0.0953. The Hall–Kier alpha value is -1.24. The zero-order valence-corrected chi connectivity index (χ0v) is 13.3. The quantitative estimate of drug-likeness (QED) is 0.776. The highest BCUT2D eigenvalue weighted by Gasteiger charge is 2.14. The standard InChI is InChI=1S/C15H18BrN3O2/c16-9-12-4-6-14(7-5-12)19-10-13(17-18-19)11-21-15-3-1-2-8-20-15/h4-7,10,15H,1-3,8-9,11H2. The molecule has 1 atom stereocenters. The molecule has 5 nitrogen and oxygen atoms in total. The first-order valence-corrected chi connectivity index (χ1v) is 8.27. The molecule has 6 heteroatoms. The Morgan fingerprint density at radius 2 is 2.14 bits per heavy atom. The predicted molar refractivity (Wildman–Crippen MR) is 82.4 cm³/mol. The van der Waals surface area contributed by atoms with Crippen LogP contribution in [0.5, 0.6) is 0 Å². The lowest BCUT2D eigenvalue weighted by molar-refractivity contribution is -0.169. The molecule has 1 aromatic heterocycles. The predicted octanol–water partition coefficient (Wildman–Crippen LogP) is 3.21. The molecule has 2 aromatic rings. The molecule has 2 heterocycles. The van der Waals surface area contributed by atoms with Gasteiger partial charge >= 0.3 is 0 Å². The van der Waals surface area contributed by atoms with Crippen LogP contribution in [-0.4, -0.2) is 27.9 Å². The lowest BCUT2D eigenvalue weighted by Gasteiger charge is -2.22. The van der Waals surface area contributed by atoms with E-state index in [4.69, 9.17) is 9.47 Å². The fourth-order valence-corrected chi connectivity index (χ4v) is 2.62. The molecular weight excluding hydrogens is 334 g/mol.